The molecule has 0 fully saturated rings. The van der Waals surface area contributed by atoms with Gasteiger partial charge >= 0.3 is 11.7 Å². The van der Waals surface area contributed by atoms with Gasteiger partial charge < -0.3 is 20.1 Å². The van der Waals surface area contributed by atoms with E-state index in [2.05, 4.69) is 4.98 Å². The van der Waals surface area contributed by atoms with E-state index >= 15 is 0 Å². The van der Waals surface area contributed by atoms with Crippen molar-refractivity contribution in [3.8, 4) is 11.5 Å². The molecule has 2 aromatic carbocycles. The molecule has 0 aliphatic heterocycles. The molecule has 0 saturated heterocycles. The van der Waals surface area contributed by atoms with Crippen LogP contribution in [0.5, 0.6) is 11.5 Å². The third-order valence-electron chi connectivity index (χ3n) is 5.34. The second-order valence-corrected chi connectivity index (χ2v) is 8.06. The molecular weight excluding hydrogens is 464 g/mol. The van der Waals surface area contributed by atoms with Gasteiger partial charge in [0.1, 0.15) is 17.3 Å². The predicted molar refractivity (Wildman–Crippen MR) is 137 cm³/mol. The number of carbonyl (C=O) groups excluding carboxylic acids is 2. The Morgan fingerprint density at radius 1 is 1.00 bits per heavy atom. The molecule has 3 N–H and O–H groups in total. The van der Waals surface area contributed by atoms with Crippen molar-refractivity contribution < 1.29 is 19.1 Å². The second kappa shape index (κ2) is 12.4. The number of anilines is 2. The molecule has 0 bridgehead atoms. The number of H-pyrrole nitrogens is 1. The molecule has 3 aromatic rings. The van der Waals surface area contributed by atoms with Gasteiger partial charge in [-0.1, -0.05) is 44.5 Å². The number of nitrogen functional groups attached to an aromatic ring is 1. The Morgan fingerprint density at radius 3 is 2.42 bits per heavy atom. The smallest absolute Gasteiger partial charge is 0.338 e. The Balaban J connectivity index is 1.77. The van der Waals surface area contributed by atoms with Crippen molar-refractivity contribution in [2.75, 3.05) is 23.8 Å². The second-order valence-electron chi connectivity index (χ2n) is 8.06. The van der Waals surface area contributed by atoms with Crippen LogP contribution in [0.1, 0.15) is 43.5 Å². The fourth-order valence-corrected chi connectivity index (χ4v) is 3.56. The Kier molecular flexibility index (Phi) is 9.04. The van der Waals surface area contributed by atoms with E-state index in [1.165, 1.54) is 15.5 Å². The molecule has 0 spiro atoms. The first kappa shape index (κ1) is 26.3. The SMILES string of the molecule is CCCCN(C(=O)COC(=O)c1cccc(Oc2ccccc2)c1)c1c(N)n(CCC)c(=O)[nH]c1=O. The van der Waals surface area contributed by atoms with Crippen LogP contribution in [-0.4, -0.2) is 34.6 Å². The van der Waals surface area contributed by atoms with Gasteiger partial charge in [-0.2, -0.15) is 0 Å². The van der Waals surface area contributed by atoms with Gasteiger partial charge in [0.15, 0.2) is 12.3 Å². The van der Waals surface area contributed by atoms with Crippen molar-refractivity contribution in [3.63, 3.8) is 0 Å². The molecule has 3 rings (SSSR count). The number of amides is 1. The van der Waals surface area contributed by atoms with Crippen molar-refractivity contribution in [3.05, 3.63) is 81.0 Å². The number of nitrogens with zero attached hydrogens (tertiary/aromatic N) is 2. The van der Waals surface area contributed by atoms with Crippen LogP contribution in [0.15, 0.2) is 64.2 Å². The monoisotopic (exact) mass is 494 g/mol. The highest BCUT2D eigenvalue weighted by Gasteiger charge is 2.25. The molecule has 0 saturated carbocycles. The standard InChI is InChI=1S/C26H30N4O6/c1-3-5-15-29(22-23(27)30(14-4-2)26(34)28-24(22)32)21(31)17-35-25(33)18-10-9-13-20(16-18)36-19-11-7-6-8-12-19/h6-13,16H,3-5,14-15,17,27H2,1-2H3,(H,28,32,34). The van der Waals surface area contributed by atoms with Gasteiger partial charge in [-0.15, -0.1) is 0 Å². The molecule has 10 nitrogen and oxygen atoms in total. The normalized spacial score (nSPS) is 10.6. The lowest BCUT2D eigenvalue weighted by Gasteiger charge is -2.24. The summed E-state index contributed by atoms with van der Waals surface area (Å²) in [4.78, 5) is 53.9. The van der Waals surface area contributed by atoms with E-state index < -0.39 is 29.7 Å². The summed E-state index contributed by atoms with van der Waals surface area (Å²) in [6.07, 6.45) is 1.91. The van der Waals surface area contributed by atoms with Crippen molar-refractivity contribution in [1.29, 1.82) is 0 Å². The van der Waals surface area contributed by atoms with E-state index in [0.717, 1.165) is 6.42 Å². The van der Waals surface area contributed by atoms with E-state index in [1.807, 2.05) is 32.0 Å². The average molecular weight is 495 g/mol. The van der Waals surface area contributed by atoms with Crippen LogP contribution in [0.3, 0.4) is 0 Å². The van der Waals surface area contributed by atoms with Crippen molar-refractivity contribution in [1.82, 2.24) is 9.55 Å². The Hall–Kier alpha value is -4.34. The van der Waals surface area contributed by atoms with Gasteiger partial charge in [0.05, 0.1) is 5.56 Å². The fourth-order valence-electron chi connectivity index (χ4n) is 3.56. The van der Waals surface area contributed by atoms with Gasteiger partial charge in [-0.25, -0.2) is 9.59 Å². The number of nitrogens with two attached hydrogens (primary N) is 1. The first-order chi connectivity index (χ1) is 17.3. The lowest BCUT2D eigenvalue weighted by Crippen LogP contribution is -2.43. The summed E-state index contributed by atoms with van der Waals surface area (Å²) in [5, 5.41) is 0. The van der Waals surface area contributed by atoms with Gasteiger partial charge in [0.2, 0.25) is 0 Å². The number of hydrogen-bond acceptors (Lipinski definition) is 7. The summed E-state index contributed by atoms with van der Waals surface area (Å²) in [6.45, 7) is 3.62. The lowest BCUT2D eigenvalue weighted by molar-refractivity contribution is -0.121. The molecule has 0 unspecified atom stereocenters. The third kappa shape index (κ3) is 6.41. The zero-order chi connectivity index (χ0) is 26.1. The van der Waals surface area contributed by atoms with Crippen molar-refractivity contribution in [2.24, 2.45) is 0 Å². The summed E-state index contributed by atoms with van der Waals surface area (Å²) in [5.74, 6) is -0.421. The van der Waals surface area contributed by atoms with E-state index in [1.54, 1.807) is 30.3 Å². The summed E-state index contributed by atoms with van der Waals surface area (Å²) in [7, 11) is 0. The first-order valence-electron chi connectivity index (χ1n) is 11.8. The number of esters is 1. The largest absolute Gasteiger partial charge is 0.457 e. The molecule has 1 aromatic heterocycles. The molecule has 0 atom stereocenters. The van der Waals surface area contributed by atoms with E-state index in [9.17, 15) is 19.2 Å². The van der Waals surface area contributed by atoms with Gasteiger partial charge in [0.25, 0.3) is 11.5 Å². The summed E-state index contributed by atoms with van der Waals surface area (Å²) >= 11 is 0. The molecule has 1 amide bonds. The number of nitrogens with one attached hydrogen (secondary N) is 1. The number of benzene rings is 2. The number of aromatic amines is 1. The van der Waals surface area contributed by atoms with Gasteiger partial charge in [-0.05, 0) is 43.2 Å². The summed E-state index contributed by atoms with van der Waals surface area (Å²) in [5.41, 5.74) is 4.79. The Morgan fingerprint density at radius 2 is 1.72 bits per heavy atom. The van der Waals surface area contributed by atoms with Crippen LogP contribution < -0.4 is 26.6 Å². The Bertz CT molecular complexity index is 1320. The first-order valence-corrected chi connectivity index (χ1v) is 11.8. The van der Waals surface area contributed by atoms with Crippen molar-refractivity contribution >= 4 is 23.4 Å². The molecule has 1 heterocycles. The highest BCUT2D eigenvalue weighted by Crippen LogP contribution is 2.22. The van der Waals surface area contributed by atoms with Crippen molar-refractivity contribution in [2.45, 2.75) is 39.7 Å². The zero-order valence-corrected chi connectivity index (χ0v) is 20.4. The topological polar surface area (TPSA) is 137 Å². The van der Waals surface area contributed by atoms with Gasteiger partial charge in [-0.3, -0.25) is 19.1 Å². The number of hydrogen-bond donors (Lipinski definition) is 2. The quantitative estimate of drug-likeness (QED) is 0.390. The van der Waals surface area contributed by atoms with Crippen LogP contribution in [0.25, 0.3) is 0 Å². The van der Waals surface area contributed by atoms with Crippen LogP contribution in [0.4, 0.5) is 11.5 Å². The number of carbonyl (C=O) groups is 2. The molecule has 0 radical (unpaired) electrons. The minimum atomic E-state index is -0.772. The predicted octanol–water partition coefficient (Wildman–Crippen LogP) is 3.31. The molecule has 0 aliphatic rings. The molecule has 190 valence electrons. The maximum Gasteiger partial charge on any atom is 0.338 e. The number of unbranched alkanes of at least 4 members (excludes halogenated alkanes) is 1. The molecule has 36 heavy (non-hydrogen) atoms. The van der Waals surface area contributed by atoms with Crippen LogP contribution in [0.2, 0.25) is 0 Å². The number of aromatic nitrogens is 2. The van der Waals surface area contributed by atoms with Gasteiger partial charge in [0, 0.05) is 13.1 Å². The highest BCUT2D eigenvalue weighted by atomic mass is 16.5. The number of ether oxygens (including phenoxy) is 2. The third-order valence-corrected chi connectivity index (χ3v) is 5.34. The van der Waals surface area contributed by atoms with Crippen LogP contribution in [0, 0.1) is 0 Å². The number of rotatable bonds is 11. The molecule has 10 heteroatoms. The Labute approximate surface area is 208 Å². The summed E-state index contributed by atoms with van der Waals surface area (Å²) in [6, 6.07) is 15.5. The minimum Gasteiger partial charge on any atom is -0.457 e. The van der Waals surface area contributed by atoms with Crippen LogP contribution >= 0.6 is 0 Å². The molecule has 0 aliphatic carbocycles. The molecular formula is C26H30N4O6. The lowest BCUT2D eigenvalue weighted by atomic mass is 10.2. The van der Waals surface area contributed by atoms with Crippen LogP contribution in [-0.2, 0) is 16.1 Å². The maximum absolute atomic E-state index is 13.1. The van der Waals surface area contributed by atoms with E-state index in [0.29, 0.717) is 24.3 Å². The number of para-hydroxylation sites is 1. The fraction of sp³-hybridized carbons (Fsp3) is 0.308. The minimum absolute atomic E-state index is 0.104. The van der Waals surface area contributed by atoms with E-state index in [4.69, 9.17) is 15.2 Å². The highest BCUT2D eigenvalue weighted by molar-refractivity contribution is 5.98. The summed E-state index contributed by atoms with van der Waals surface area (Å²) < 4.78 is 12.2. The zero-order valence-electron chi connectivity index (χ0n) is 20.4. The average Bonchev–Trinajstić information content (AvgIpc) is 2.87. The maximum atomic E-state index is 13.1. The van der Waals surface area contributed by atoms with E-state index in [-0.39, 0.29) is 30.2 Å².